The van der Waals surface area contributed by atoms with Gasteiger partial charge in [0.25, 0.3) is 0 Å². The lowest BCUT2D eigenvalue weighted by molar-refractivity contribution is 0.0596. The first kappa shape index (κ1) is 9.45. The quantitative estimate of drug-likeness (QED) is 0.680. The summed E-state index contributed by atoms with van der Waals surface area (Å²) in [6.45, 7) is 0. The fourth-order valence-electron chi connectivity index (χ4n) is 1.33. The highest BCUT2D eigenvalue weighted by atomic mass is 16.5. The molecule has 2 N–H and O–H groups in total. The molecule has 6 heteroatoms. The van der Waals surface area contributed by atoms with E-state index in [0.29, 0.717) is 11.2 Å². The van der Waals surface area contributed by atoms with Gasteiger partial charge in [0.15, 0.2) is 11.3 Å². The number of rotatable bonds is 1. The van der Waals surface area contributed by atoms with E-state index < -0.39 is 5.97 Å². The maximum absolute atomic E-state index is 11.3. The molecule has 2 aromatic heterocycles. The Morgan fingerprint density at radius 1 is 1.60 bits per heavy atom. The number of nitrogens with two attached hydrogens (primary N) is 1. The van der Waals surface area contributed by atoms with Gasteiger partial charge in [-0.2, -0.15) is 0 Å². The number of imidazole rings is 1. The minimum Gasteiger partial charge on any atom is -0.464 e. The molecule has 2 aromatic rings. The molecular weight excluding hydrogens is 196 g/mol. The number of aromatic nitrogens is 3. The smallest absolute Gasteiger partial charge is 0.358 e. The molecule has 0 atom stereocenters. The summed E-state index contributed by atoms with van der Waals surface area (Å²) in [5.41, 5.74) is 7.31. The van der Waals surface area contributed by atoms with Crippen molar-refractivity contribution in [2.45, 2.75) is 0 Å². The topological polar surface area (TPSA) is 83.0 Å². The molecule has 2 heterocycles. The average Bonchev–Trinajstić information content (AvgIpc) is 2.58. The van der Waals surface area contributed by atoms with Gasteiger partial charge < -0.3 is 15.0 Å². The highest BCUT2D eigenvalue weighted by Crippen LogP contribution is 2.17. The largest absolute Gasteiger partial charge is 0.464 e. The first-order valence-corrected chi connectivity index (χ1v) is 4.29. The molecule has 0 spiro atoms. The number of aryl methyl sites for hydroxylation is 1. The van der Waals surface area contributed by atoms with Crippen molar-refractivity contribution in [1.29, 1.82) is 0 Å². The van der Waals surface area contributed by atoms with Crippen LogP contribution in [-0.4, -0.2) is 27.6 Å². The van der Waals surface area contributed by atoms with Crippen LogP contribution in [0.5, 0.6) is 0 Å². The zero-order valence-electron chi connectivity index (χ0n) is 8.39. The summed E-state index contributed by atoms with van der Waals surface area (Å²) in [5, 5.41) is 0. The molecule has 0 radical (unpaired) electrons. The highest BCUT2D eigenvalue weighted by Gasteiger charge is 2.14. The van der Waals surface area contributed by atoms with Crippen molar-refractivity contribution < 1.29 is 9.53 Å². The molecule has 0 aromatic carbocycles. The van der Waals surface area contributed by atoms with Crippen molar-refractivity contribution in [3.63, 3.8) is 0 Å². The lowest BCUT2D eigenvalue weighted by Crippen LogP contribution is -2.09. The SMILES string of the molecule is COC(=O)c1nc2c(cc1N)ncn2C. The average molecular weight is 206 g/mol. The van der Waals surface area contributed by atoms with Crippen molar-refractivity contribution in [1.82, 2.24) is 14.5 Å². The molecule has 0 aliphatic rings. The van der Waals surface area contributed by atoms with E-state index in [1.54, 1.807) is 24.0 Å². The number of ether oxygens (including phenoxy) is 1. The molecule has 0 amide bonds. The Labute approximate surface area is 85.7 Å². The Hall–Kier alpha value is -2.11. The van der Waals surface area contributed by atoms with Crippen molar-refractivity contribution in [3.8, 4) is 0 Å². The van der Waals surface area contributed by atoms with E-state index in [4.69, 9.17) is 5.73 Å². The fraction of sp³-hybridized carbons (Fsp3) is 0.222. The number of nitrogens with zero attached hydrogens (tertiary/aromatic N) is 3. The minimum absolute atomic E-state index is 0.119. The zero-order chi connectivity index (χ0) is 11.0. The Morgan fingerprint density at radius 3 is 3.00 bits per heavy atom. The number of anilines is 1. The van der Waals surface area contributed by atoms with Crippen molar-refractivity contribution in [2.24, 2.45) is 7.05 Å². The normalized spacial score (nSPS) is 10.5. The lowest BCUT2D eigenvalue weighted by atomic mass is 10.3. The van der Waals surface area contributed by atoms with E-state index in [-0.39, 0.29) is 11.4 Å². The number of esters is 1. The van der Waals surface area contributed by atoms with Crippen LogP contribution in [-0.2, 0) is 11.8 Å². The van der Waals surface area contributed by atoms with Crippen LogP contribution in [0.2, 0.25) is 0 Å². The van der Waals surface area contributed by atoms with Gasteiger partial charge in [-0.25, -0.2) is 14.8 Å². The second-order valence-corrected chi connectivity index (χ2v) is 3.12. The number of hydrogen-bond acceptors (Lipinski definition) is 5. The standard InChI is InChI=1S/C9H10N4O2/c1-13-4-11-6-3-5(10)7(9(14)15-2)12-8(6)13/h3-4H,10H2,1-2H3. The minimum atomic E-state index is -0.546. The number of pyridine rings is 1. The predicted octanol–water partition coefficient (Wildman–Crippen LogP) is 0.337. The van der Waals surface area contributed by atoms with Crippen molar-refractivity contribution >= 4 is 22.8 Å². The van der Waals surface area contributed by atoms with Crippen LogP contribution in [0.25, 0.3) is 11.2 Å². The summed E-state index contributed by atoms with van der Waals surface area (Å²) >= 11 is 0. The third kappa shape index (κ3) is 1.39. The summed E-state index contributed by atoms with van der Waals surface area (Å²) in [6.07, 6.45) is 1.61. The van der Waals surface area contributed by atoms with Crippen molar-refractivity contribution in [3.05, 3.63) is 18.1 Å². The molecule has 2 rings (SSSR count). The summed E-state index contributed by atoms with van der Waals surface area (Å²) in [6, 6.07) is 1.61. The second-order valence-electron chi connectivity index (χ2n) is 3.12. The van der Waals surface area contributed by atoms with Gasteiger partial charge in [0.2, 0.25) is 0 Å². The molecule has 6 nitrogen and oxygen atoms in total. The monoisotopic (exact) mass is 206 g/mol. The number of nitrogen functional groups attached to an aromatic ring is 1. The second kappa shape index (κ2) is 3.23. The molecule has 0 bridgehead atoms. The van der Waals surface area contributed by atoms with Gasteiger partial charge in [0.1, 0.15) is 5.52 Å². The van der Waals surface area contributed by atoms with E-state index in [9.17, 15) is 4.79 Å². The number of hydrogen-bond donors (Lipinski definition) is 1. The Morgan fingerprint density at radius 2 is 2.33 bits per heavy atom. The van der Waals surface area contributed by atoms with Crippen molar-refractivity contribution in [2.75, 3.05) is 12.8 Å². The van der Waals surface area contributed by atoms with Gasteiger partial charge in [-0.1, -0.05) is 0 Å². The molecule has 15 heavy (non-hydrogen) atoms. The third-order valence-corrected chi connectivity index (χ3v) is 2.10. The summed E-state index contributed by atoms with van der Waals surface area (Å²) in [7, 11) is 3.08. The highest BCUT2D eigenvalue weighted by molar-refractivity contribution is 5.95. The van der Waals surface area contributed by atoms with Crippen LogP contribution in [0, 0.1) is 0 Å². The molecule has 78 valence electrons. The number of carbonyl (C=O) groups is 1. The summed E-state index contributed by atoms with van der Waals surface area (Å²) < 4.78 is 6.28. The number of fused-ring (bicyclic) bond motifs is 1. The van der Waals surface area contributed by atoms with Crippen LogP contribution < -0.4 is 5.73 Å². The molecule has 0 fully saturated rings. The Kier molecular flexibility index (Phi) is 2.03. The van der Waals surface area contributed by atoms with Crippen LogP contribution in [0.1, 0.15) is 10.5 Å². The van der Waals surface area contributed by atoms with Crippen LogP contribution in [0.3, 0.4) is 0 Å². The fourth-order valence-corrected chi connectivity index (χ4v) is 1.33. The number of carbonyl (C=O) groups excluding carboxylic acids is 1. The van der Waals surface area contributed by atoms with Gasteiger partial charge in [0.05, 0.1) is 19.1 Å². The molecular formula is C9H10N4O2. The number of methoxy groups -OCH3 is 1. The van der Waals surface area contributed by atoms with Gasteiger partial charge >= 0.3 is 5.97 Å². The van der Waals surface area contributed by atoms with Gasteiger partial charge in [-0.05, 0) is 6.07 Å². The van der Waals surface area contributed by atoms with E-state index >= 15 is 0 Å². The maximum Gasteiger partial charge on any atom is 0.358 e. The zero-order valence-corrected chi connectivity index (χ0v) is 8.39. The van der Waals surface area contributed by atoms with Crippen LogP contribution >= 0.6 is 0 Å². The van der Waals surface area contributed by atoms with E-state index in [1.807, 2.05) is 0 Å². The third-order valence-electron chi connectivity index (χ3n) is 2.10. The molecule has 0 aliphatic heterocycles. The van der Waals surface area contributed by atoms with E-state index in [0.717, 1.165) is 0 Å². The van der Waals surface area contributed by atoms with Gasteiger partial charge in [0, 0.05) is 7.05 Å². The van der Waals surface area contributed by atoms with Crippen LogP contribution in [0.15, 0.2) is 12.4 Å². The first-order valence-electron chi connectivity index (χ1n) is 4.29. The van der Waals surface area contributed by atoms with E-state index in [2.05, 4.69) is 14.7 Å². The Balaban J connectivity index is 2.70. The van der Waals surface area contributed by atoms with Crippen LogP contribution in [0.4, 0.5) is 5.69 Å². The van der Waals surface area contributed by atoms with Gasteiger partial charge in [-0.3, -0.25) is 0 Å². The summed E-state index contributed by atoms with van der Waals surface area (Å²) in [5.74, 6) is -0.546. The molecule has 0 saturated heterocycles. The first-order chi connectivity index (χ1) is 7.13. The molecule has 0 aliphatic carbocycles. The Bertz CT molecular complexity index is 532. The van der Waals surface area contributed by atoms with E-state index in [1.165, 1.54) is 7.11 Å². The molecule has 0 saturated carbocycles. The predicted molar refractivity (Wildman–Crippen MR) is 54.3 cm³/mol. The lowest BCUT2D eigenvalue weighted by Gasteiger charge is -2.02. The van der Waals surface area contributed by atoms with Gasteiger partial charge in [-0.15, -0.1) is 0 Å². The molecule has 0 unspecified atom stereocenters. The maximum atomic E-state index is 11.3. The summed E-state index contributed by atoms with van der Waals surface area (Å²) in [4.78, 5) is 19.5.